The van der Waals surface area contributed by atoms with Crippen molar-refractivity contribution in [3.63, 3.8) is 0 Å². The first kappa shape index (κ1) is 21.1. The predicted octanol–water partition coefficient (Wildman–Crippen LogP) is 7.45. The van der Waals surface area contributed by atoms with E-state index in [4.69, 9.17) is 28.0 Å². The van der Waals surface area contributed by atoms with E-state index in [1.165, 1.54) is 9.79 Å². The van der Waals surface area contributed by atoms with Crippen LogP contribution in [0, 0.1) is 0 Å². The lowest BCUT2D eigenvalue weighted by Gasteiger charge is -2.08. The van der Waals surface area contributed by atoms with Crippen LogP contribution in [-0.4, -0.2) is 17.2 Å². The fourth-order valence-corrected chi connectivity index (χ4v) is 4.56. The van der Waals surface area contributed by atoms with Gasteiger partial charge in [-0.2, -0.15) is 0 Å². The van der Waals surface area contributed by atoms with E-state index >= 15 is 0 Å². The third-order valence-electron chi connectivity index (χ3n) is 3.73. The van der Waals surface area contributed by atoms with Gasteiger partial charge in [0, 0.05) is 36.9 Å². The first-order chi connectivity index (χ1) is 13.7. The number of benzene rings is 3. The lowest BCUT2D eigenvalue weighted by atomic mass is 10.2. The van der Waals surface area contributed by atoms with Crippen LogP contribution in [0.2, 0.25) is 10.0 Å². The Kier molecular flexibility index (Phi) is 8.62. The van der Waals surface area contributed by atoms with Gasteiger partial charge in [-0.25, -0.2) is 0 Å². The fourth-order valence-electron chi connectivity index (χ4n) is 2.29. The molecule has 3 aromatic carbocycles. The molecule has 0 heterocycles. The largest absolute Gasteiger partial charge is 0.391 e. The zero-order chi connectivity index (χ0) is 19.6. The van der Waals surface area contributed by atoms with Gasteiger partial charge in [-0.3, -0.25) is 0 Å². The van der Waals surface area contributed by atoms with Crippen molar-refractivity contribution in [2.24, 2.45) is 5.16 Å². The minimum absolute atomic E-state index is 0.311. The van der Waals surface area contributed by atoms with E-state index in [0.717, 1.165) is 22.8 Å². The first-order valence-electron chi connectivity index (χ1n) is 8.68. The van der Waals surface area contributed by atoms with Crippen molar-refractivity contribution >= 4 is 52.4 Å². The number of hydrogen-bond donors (Lipinski definition) is 0. The number of rotatable bonds is 9. The van der Waals surface area contributed by atoms with Crippen molar-refractivity contribution in [3.05, 3.63) is 94.5 Å². The second-order valence-electron chi connectivity index (χ2n) is 5.87. The van der Waals surface area contributed by atoms with Crippen molar-refractivity contribution in [2.45, 2.75) is 16.4 Å². The highest BCUT2D eigenvalue weighted by Gasteiger charge is 2.06. The average Bonchev–Trinajstić information content (AvgIpc) is 2.72. The topological polar surface area (TPSA) is 21.6 Å². The molecule has 144 valence electrons. The molecule has 0 aliphatic heterocycles. The van der Waals surface area contributed by atoms with Crippen molar-refractivity contribution in [1.29, 1.82) is 0 Å². The Morgan fingerprint density at radius 3 is 1.89 bits per heavy atom. The summed E-state index contributed by atoms with van der Waals surface area (Å²) < 4.78 is 0. The van der Waals surface area contributed by atoms with Crippen molar-refractivity contribution in [3.8, 4) is 0 Å². The molecule has 0 spiro atoms. The van der Waals surface area contributed by atoms with Crippen LogP contribution in [0.4, 0.5) is 0 Å². The molecule has 0 fully saturated rings. The molecule has 6 heteroatoms. The molecule has 0 aliphatic rings. The molecule has 0 saturated carbocycles. The SMILES string of the molecule is Clc1ccc(CON=C(CSc2ccccc2)CSc2ccccc2)c(Cl)c1. The molecule has 0 aromatic heterocycles. The van der Waals surface area contributed by atoms with Gasteiger partial charge in [-0.05, 0) is 36.4 Å². The highest BCUT2D eigenvalue weighted by molar-refractivity contribution is 8.01. The summed E-state index contributed by atoms with van der Waals surface area (Å²) >= 11 is 15.6. The molecule has 0 amide bonds. The predicted molar refractivity (Wildman–Crippen MR) is 123 cm³/mol. The highest BCUT2D eigenvalue weighted by Crippen LogP contribution is 2.23. The van der Waals surface area contributed by atoms with Crippen LogP contribution in [0.3, 0.4) is 0 Å². The number of oxime groups is 1. The normalized spacial score (nSPS) is 10.5. The third kappa shape index (κ3) is 7.10. The van der Waals surface area contributed by atoms with Crippen LogP contribution in [0.15, 0.2) is 93.8 Å². The third-order valence-corrected chi connectivity index (χ3v) is 6.48. The standard InChI is InChI=1S/C22H19Cl2NOS2/c23-18-12-11-17(22(24)13-18)14-26-25-19(15-27-20-7-3-1-4-8-20)16-28-21-9-5-2-6-10-21/h1-13H,14-16H2. The van der Waals surface area contributed by atoms with E-state index in [1.54, 1.807) is 35.7 Å². The second-order valence-corrected chi connectivity index (χ2v) is 8.81. The van der Waals surface area contributed by atoms with Crippen molar-refractivity contribution < 1.29 is 4.84 Å². The van der Waals surface area contributed by atoms with Crippen molar-refractivity contribution in [2.75, 3.05) is 11.5 Å². The monoisotopic (exact) mass is 447 g/mol. The Hall–Kier alpha value is -1.59. The molecule has 3 aromatic rings. The summed E-state index contributed by atoms with van der Waals surface area (Å²) in [4.78, 5) is 8.03. The first-order valence-corrected chi connectivity index (χ1v) is 11.4. The lowest BCUT2D eigenvalue weighted by Crippen LogP contribution is -2.07. The Balaban J connectivity index is 1.62. The highest BCUT2D eigenvalue weighted by atomic mass is 35.5. The molecule has 28 heavy (non-hydrogen) atoms. The fraction of sp³-hybridized carbons (Fsp3) is 0.136. The summed E-state index contributed by atoms with van der Waals surface area (Å²) in [6.07, 6.45) is 0. The van der Waals surface area contributed by atoms with E-state index < -0.39 is 0 Å². The Labute approximate surface area is 184 Å². The smallest absolute Gasteiger partial charge is 0.143 e. The molecule has 0 bridgehead atoms. The van der Waals surface area contributed by atoms with Gasteiger partial charge in [0.25, 0.3) is 0 Å². The summed E-state index contributed by atoms with van der Waals surface area (Å²) in [7, 11) is 0. The molecular formula is C22H19Cl2NOS2. The molecule has 0 atom stereocenters. The molecule has 0 saturated heterocycles. The van der Waals surface area contributed by atoms with Gasteiger partial charge in [0.15, 0.2) is 0 Å². The zero-order valence-electron chi connectivity index (χ0n) is 15.1. The Morgan fingerprint density at radius 1 is 0.786 bits per heavy atom. The van der Waals surface area contributed by atoms with E-state index in [9.17, 15) is 0 Å². The van der Waals surface area contributed by atoms with E-state index in [-0.39, 0.29) is 0 Å². The van der Waals surface area contributed by atoms with E-state index in [0.29, 0.717) is 16.7 Å². The average molecular weight is 448 g/mol. The van der Waals surface area contributed by atoms with Gasteiger partial charge in [-0.1, -0.05) is 70.8 Å². The Morgan fingerprint density at radius 2 is 1.36 bits per heavy atom. The molecule has 0 radical (unpaired) electrons. The minimum atomic E-state index is 0.311. The van der Waals surface area contributed by atoms with Gasteiger partial charge < -0.3 is 4.84 Å². The molecule has 0 N–H and O–H groups in total. The second kappa shape index (κ2) is 11.4. The molecule has 0 aliphatic carbocycles. The molecule has 0 unspecified atom stereocenters. The number of thioether (sulfide) groups is 2. The Bertz CT molecular complexity index is 859. The van der Waals surface area contributed by atoms with E-state index in [2.05, 4.69) is 29.4 Å². The van der Waals surface area contributed by atoms with Crippen LogP contribution < -0.4 is 0 Å². The van der Waals surface area contributed by atoms with E-state index in [1.807, 2.05) is 42.5 Å². The maximum atomic E-state index is 6.21. The summed E-state index contributed by atoms with van der Waals surface area (Å²) in [5.74, 6) is 1.52. The van der Waals surface area contributed by atoms with Crippen molar-refractivity contribution in [1.82, 2.24) is 0 Å². The van der Waals surface area contributed by atoms with Gasteiger partial charge in [0.2, 0.25) is 0 Å². The van der Waals surface area contributed by atoms with Crippen LogP contribution in [0.25, 0.3) is 0 Å². The number of nitrogens with zero attached hydrogens (tertiary/aromatic N) is 1. The molecule has 3 rings (SSSR count). The maximum absolute atomic E-state index is 6.21. The van der Waals surface area contributed by atoms with Crippen LogP contribution in [-0.2, 0) is 11.4 Å². The zero-order valence-corrected chi connectivity index (χ0v) is 18.2. The lowest BCUT2D eigenvalue weighted by molar-refractivity contribution is 0.130. The van der Waals surface area contributed by atoms with Crippen LogP contribution >= 0.6 is 46.7 Å². The molecular weight excluding hydrogens is 429 g/mol. The molecule has 2 nitrogen and oxygen atoms in total. The maximum Gasteiger partial charge on any atom is 0.143 e. The summed E-state index contributed by atoms with van der Waals surface area (Å²) in [5, 5.41) is 5.59. The van der Waals surface area contributed by atoms with Crippen LogP contribution in [0.1, 0.15) is 5.56 Å². The summed E-state index contributed by atoms with van der Waals surface area (Å²) in [6.45, 7) is 0.311. The van der Waals surface area contributed by atoms with Crippen LogP contribution in [0.5, 0.6) is 0 Å². The summed E-state index contributed by atoms with van der Waals surface area (Å²) in [5.41, 5.74) is 1.84. The summed E-state index contributed by atoms with van der Waals surface area (Å²) in [6, 6.07) is 25.9. The van der Waals surface area contributed by atoms with Gasteiger partial charge >= 0.3 is 0 Å². The van der Waals surface area contributed by atoms with Gasteiger partial charge in [0.1, 0.15) is 6.61 Å². The number of hydrogen-bond acceptors (Lipinski definition) is 4. The minimum Gasteiger partial charge on any atom is -0.391 e. The number of halogens is 2. The van der Waals surface area contributed by atoms with Gasteiger partial charge in [-0.15, -0.1) is 23.5 Å². The van der Waals surface area contributed by atoms with Gasteiger partial charge in [0.05, 0.1) is 5.71 Å². The quantitative estimate of drug-likeness (QED) is 0.193.